The van der Waals surface area contributed by atoms with Crippen molar-refractivity contribution in [2.45, 2.75) is 6.54 Å². The molecule has 0 saturated heterocycles. The summed E-state index contributed by atoms with van der Waals surface area (Å²) in [5.74, 6) is 0. The Morgan fingerprint density at radius 1 is 1.20 bits per heavy atom. The van der Waals surface area contributed by atoms with Crippen LogP contribution in [-0.4, -0.2) is 19.8 Å². The van der Waals surface area contributed by atoms with Crippen LogP contribution in [-0.2, 0) is 6.54 Å². The van der Waals surface area contributed by atoms with Crippen LogP contribution in [0.3, 0.4) is 0 Å². The number of tetrazole rings is 1. The van der Waals surface area contributed by atoms with Gasteiger partial charge in [0.25, 0.3) is 0 Å². The van der Waals surface area contributed by atoms with E-state index < -0.39 is 0 Å². The van der Waals surface area contributed by atoms with Crippen molar-refractivity contribution in [3.63, 3.8) is 0 Å². The second kappa shape index (κ2) is 5.40. The number of rotatable bonds is 3. The zero-order valence-electron chi connectivity index (χ0n) is 10.0. The first-order chi connectivity index (χ1) is 9.65. The quantitative estimate of drug-likeness (QED) is 0.743. The van der Waals surface area contributed by atoms with Gasteiger partial charge in [0.05, 0.1) is 6.54 Å². The monoisotopic (exact) mass is 326 g/mol. The Morgan fingerprint density at radius 3 is 2.75 bits per heavy atom. The van der Waals surface area contributed by atoms with Gasteiger partial charge in [-0.05, 0) is 45.6 Å². The Balaban J connectivity index is 1.94. The second-order valence-corrected chi connectivity index (χ2v) is 5.79. The van der Waals surface area contributed by atoms with E-state index in [0.717, 1.165) is 10.6 Å². The third-order valence-corrected chi connectivity index (χ3v) is 4.12. The molecule has 0 unspecified atom stereocenters. The molecule has 5 nitrogen and oxygen atoms in total. The molecule has 2 heterocycles. The van der Waals surface area contributed by atoms with Gasteiger partial charge in [0.1, 0.15) is 5.00 Å². The molecule has 20 heavy (non-hydrogen) atoms. The lowest BCUT2D eigenvalue weighted by atomic mass is 10.2. The van der Waals surface area contributed by atoms with Gasteiger partial charge < -0.3 is 0 Å². The van der Waals surface area contributed by atoms with Gasteiger partial charge in [-0.15, -0.1) is 11.3 Å². The van der Waals surface area contributed by atoms with E-state index in [0.29, 0.717) is 10.0 Å². The van der Waals surface area contributed by atoms with Gasteiger partial charge in [0.15, 0.2) is 0 Å². The molecule has 0 aliphatic carbocycles. The third-order valence-electron chi connectivity index (χ3n) is 2.69. The fourth-order valence-corrected chi connectivity index (χ4v) is 2.85. The largest absolute Gasteiger partial charge is 0.369 e. The Bertz CT molecular complexity index is 794. The van der Waals surface area contributed by atoms with E-state index in [1.165, 1.54) is 20.7 Å². The van der Waals surface area contributed by atoms with E-state index in [-0.39, 0.29) is 12.2 Å². The Labute approximate surface area is 128 Å². The smallest absolute Gasteiger partial charge is 0.244 e. The van der Waals surface area contributed by atoms with Gasteiger partial charge in [0, 0.05) is 10.0 Å². The predicted octanol–water partition coefficient (Wildman–Crippen LogP) is 2.85. The van der Waals surface area contributed by atoms with Gasteiger partial charge >= 0.3 is 5.69 Å². The van der Waals surface area contributed by atoms with Crippen LogP contribution in [0.25, 0.3) is 5.00 Å². The van der Waals surface area contributed by atoms with Gasteiger partial charge in [-0.3, -0.25) is 0 Å². The zero-order chi connectivity index (χ0) is 14.1. The summed E-state index contributed by atoms with van der Waals surface area (Å²) in [7, 11) is 0. The topological polar surface area (TPSA) is 52.7 Å². The molecule has 8 heteroatoms. The minimum absolute atomic E-state index is 0.250. The minimum atomic E-state index is -0.307. The molecule has 3 rings (SSSR count). The molecule has 0 fully saturated rings. The van der Waals surface area contributed by atoms with E-state index in [2.05, 4.69) is 10.4 Å². The lowest BCUT2D eigenvalue weighted by molar-refractivity contribution is 0.632. The molecular formula is C12H8Cl2N4OS. The van der Waals surface area contributed by atoms with Crippen LogP contribution in [0.15, 0.2) is 40.5 Å². The molecule has 0 atom stereocenters. The van der Waals surface area contributed by atoms with Crippen LogP contribution in [0, 0.1) is 0 Å². The van der Waals surface area contributed by atoms with Crippen LogP contribution in [0.5, 0.6) is 0 Å². The maximum absolute atomic E-state index is 12.2. The number of benzene rings is 1. The van der Waals surface area contributed by atoms with Crippen molar-refractivity contribution in [1.82, 2.24) is 19.8 Å². The molecule has 0 aliphatic heterocycles. The van der Waals surface area contributed by atoms with Gasteiger partial charge in [-0.2, -0.15) is 9.36 Å². The molecule has 0 radical (unpaired) electrons. The van der Waals surface area contributed by atoms with Crippen molar-refractivity contribution in [2.24, 2.45) is 0 Å². The van der Waals surface area contributed by atoms with Crippen LogP contribution in [0.1, 0.15) is 5.56 Å². The Hall–Kier alpha value is -1.63. The fourth-order valence-electron chi connectivity index (χ4n) is 1.71. The van der Waals surface area contributed by atoms with E-state index in [1.54, 1.807) is 24.3 Å². The maximum atomic E-state index is 12.2. The molecule has 0 amide bonds. The average molecular weight is 327 g/mol. The number of hydrogen-bond acceptors (Lipinski definition) is 4. The van der Waals surface area contributed by atoms with Crippen molar-refractivity contribution < 1.29 is 0 Å². The third kappa shape index (κ3) is 2.49. The molecule has 0 N–H and O–H groups in total. The van der Waals surface area contributed by atoms with Crippen LogP contribution in [0.2, 0.25) is 10.0 Å². The zero-order valence-corrected chi connectivity index (χ0v) is 12.4. The van der Waals surface area contributed by atoms with E-state index in [9.17, 15) is 4.79 Å². The average Bonchev–Trinajstić information content (AvgIpc) is 3.03. The lowest BCUT2D eigenvalue weighted by Gasteiger charge is -2.03. The highest BCUT2D eigenvalue weighted by atomic mass is 35.5. The molecule has 2 aromatic heterocycles. The van der Waals surface area contributed by atoms with E-state index >= 15 is 0 Å². The van der Waals surface area contributed by atoms with E-state index in [4.69, 9.17) is 23.2 Å². The maximum Gasteiger partial charge on any atom is 0.369 e. The summed E-state index contributed by atoms with van der Waals surface area (Å²) in [6, 6.07) is 8.77. The van der Waals surface area contributed by atoms with Crippen LogP contribution < -0.4 is 5.69 Å². The fraction of sp³-hybridized carbons (Fsp3) is 0.0833. The predicted molar refractivity (Wildman–Crippen MR) is 79.1 cm³/mol. The van der Waals surface area contributed by atoms with Crippen molar-refractivity contribution in [1.29, 1.82) is 0 Å². The first-order valence-electron chi connectivity index (χ1n) is 5.66. The summed E-state index contributed by atoms with van der Waals surface area (Å²) in [6.07, 6.45) is 0. The van der Waals surface area contributed by atoms with Crippen molar-refractivity contribution in [3.05, 3.63) is 61.8 Å². The summed E-state index contributed by atoms with van der Waals surface area (Å²) >= 11 is 13.3. The molecule has 102 valence electrons. The normalized spacial score (nSPS) is 10.9. The first-order valence-corrected chi connectivity index (χ1v) is 7.29. The molecule has 0 aliphatic rings. The van der Waals surface area contributed by atoms with Crippen molar-refractivity contribution in [2.75, 3.05) is 0 Å². The Morgan fingerprint density at radius 2 is 2.05 bits per heavy atom. The molecule has 3 aromatic rings. The second-order valence-electron chi connectivity index (χ2n) is 4.02. The summed E-state index contributed by atoms with van der Waals surface area (Å²) < 4.78 is 2.52. The van der Waals surface area contributed by atoms with Crippen molar-refractivity contribution in [3.8, 4) is 5.00 Å². The summed E-state index contributed by atoms with van der Waals surface area (Å²) in [5, 5.41) is 11.4. The highest BCUT2D eigenvalue weighted by Gasteiger charge is 2.11. The van der Waals surface area contributed by atoms with E-state index in [1.807, 2.05) is 11.4 Å². The molecule has 1 aromatic carbocycles. The van der Waals surface area contributed by atoms with Gasteiger partial charge in [-0.1, -0.05) is 29.3 Å². The summed E-state index contributed by atoms with van der Waals surface area (Å²) in [5.41, 5.74) is 0.454. The van der Waals surface area contributed by atoms with Gasteiger partial charge in [0.2, 0.25) is 0 Å². The molecule has 0 bridgehead atoms. The SMILES string of the molecule is O=c1n(Cc2ccc(Cl)cc2Cl)nnn1-c1cccs1. The summed E-state index contributed by atoms with van der Waals surface area (Å²) in [6.45, 7) is 0.250. The minimum Gasteiger partial charge on any atom is -0.244 e. The number of aromatic nitrogens is 4. The highest BCUT2D eigenvalue weighted by molar-refractivity contribution is 7.12. The standard InChI is InChI=1S/C12H8Cl2N4OS/c13-9-4-3-8(10(14)6-9)7-17-12(19)18(16-15-17)11-2-1-5-20-11/h1-6H,7H2. The molecule has 0 saturated carbocycles. The van der Waals surface area contributed by atoms with Gasteiger partial charge in [-0.25, -0.2) is 4.79 Å². The number of nitrogens with zero attached hydrogens (tertiary/aromatic N) is 4. The van der Waals surface area contributed by atoms with Crippen LogP contribution >= 0.6 is 34.5 Å². The lowest BCUT2D eigenvalue weighted by Crippen LogP contribution is -2.24. The number of thiophene rings is 1. The first kappa shape index (κ1) is 13.4. The Kier molecular flexibility index (Phi) is 3.60. The van der Waals surface area contributed by atoms with Crippen LogP contribution in [0.4, 0.5) is 0 Å². The number of hydrogen-bond donors (Lipinski definition) is 0. The summed E-state index contributed by atoms with van der Waals surface area (Å²) in [4.78, 5) is 12.2. The highest BCUT2D eigenvalue weighted by Crippen LogP contribution is 2.21. The molecular weight excluding hydrogens is 319 g/mol. The number of halogens is 2. The molecule has 0 spiro atoms. The van der Waals surface area contributed by atoms with Crippen molar-refractivity contribution >= 4 is 34.5 Å².